The molecular formula is C19H21ClFN3OS. The number of carbonyl (C=O) groups is 1. The van der Waals surface area contributed by atoms with Gasteiger partial charge in [0.15, 0.2) is 5.13 Å². The van der Waals surface area contributed by atoms with Crippen molar-refractivity contribution in [1.29, 1.82) is 0 Å². The van der Waals surface area contributed by atoms with E-state index < -0.39 is 0 Å². The quantitative estimate of drug-likeness (QED) is 0.635. The predicted molar refractivity (Wildman–Crippen MR) is 108 cm³/mol. The number of halogens is 2. The van der Waals surface area contributed by atoms with Gasteiger partial charge in [-0.3, -0.25) is 9.69 Å². The van der Waals surface area contributed by atoms with Gasteiger partial charge in [0.05, 0.1) is 16.6 Å². The molecule has 138 valence electrons. The molecule has 0 saturated carbocycles. The van der Waals surface area contributed by atoms with E-state index in [1.807, 2.05) is 43.3 Å². The maximum atomic E-state index is 13.1. The predicted octanol–water partition coefficient (Wildman–Crippen LogP) is 3.99. The Morgan fingerprint density at radius 3 is 2.42 bits per heavy atom. The minimum absolute atomic E-state index is 0. The molecule has 0 aliphatic rings. The van der Waals surface area contributed by atoms with Crippen molar-refractivity contribution in [1.82, 2.24) is 9.88 Å². The van der Waals surface area contributed by atoms with Crippen LogP contribution >= 0.6 is 23.7 Å². The molecule has 0 atom stereocenters. The van der Waals surface area contributed by atoms with Crippen LogP contribution in [0.25, 0.3) is 10.2 Å². The van der Waals surface area contributed by atoms with Crippen LogP contribution in [0.4, 0.5) is 9.52 Å². The highest BCUT2D eigenvalue weighted by molar-refractivity contribution is 7.22. The maximum Gasteiger partial charge on any atom is 0.233 e. The normalized spacial score (nSPS) is 10.8. The number of hydrogen-bond acceptors (Lipinski definition) is 4. The summed E-state index contributed by atoms with van der Waals surface area (Å²) in [5, 5.41) is 0.704. The van der Waals surface area contributed by atoms with Gasteiger partial charge in [-0.1, -0.05) is 35.6 Å². The molecule has 3 rings (SSSR count). The van der Waals surface area contributed by atoms with Gasteiger partial charge in [-0.25, -0.2) is 9.37 Å². The van der Waals surface area contributed by atoms with Crippen LogP contribution in [0, 0.1) is 5.82 Å². The summed E-state index contributed by atoms with van der Waals surface area (Å²) in [4.78, 5) is 21.2. The molecular weight excluding hydrogens is 373 g/mol. The summed E-state index contributed by atoms with van der Waals surface area (Å²) in [7, 11) is 3.95. The zero-order valence-corrected chi connectivity index (χ0v) is 16.3. The Bertz CT molecular complexity index is 834. The summed E-state index contributed by atoms with van der Waals surface area (Å²) in [6.07, 6.45) is 0.226. The topological polar surface area (TPSA) is 36.4 Å². The van der Waals surface area contributed by atoms with E-state index in [0.717, 1.165) is 22.3 Å². The number of anilines is 1. The number of amides is 1. The standard InChI is InChI=1S/C19H20FN3OS.ClH/c1-22(2)11-12-23(18(24)13-14-7-9-15(20)10-8-14)19-21-16-5-3-4-6-17(16)25-19;/h3-10H,11-13H2,1-2H3;1H. The molecule has 0 aliphatic heterocycles. The first kappa shape index (κ1) is 20.3. The number of likely N-dealkylation sites (N-methyl/N-ethyl adjacent to an activating group) is 1. The SMILES string of the molecule is CN(C)CCN(C(=O)Cc1ccc(F)cc1)c1nc2ccccc2s1.Cl. The van der Waals surface area contributed by atoms with Crippen LogP contribution in [-0.4, -0.2) is 43.0 Å². The van der Waals surface area contributed by atoms with Gasteiger partial charge in [0.2, 0.25) is 5.91 Å². The summed E-state index contributed by atoms with van der Waals surface area (Å²) < 4.78 is 14.1. The Morgan fingerprint density at radius 2 is 1.77 bits per heavy atom. The lowest BCUT2D eigenvalue weighted by Gasteiger charge is -2.22. The molecule has 0 fully saturated rings. The van der Waals surface area contributed by atoms with Gasteiger partial charge in [0.1, 0.15) is 5.82 Å². The first-order chi connectivity index (χ1) is 12.0. The van der Waals surface area contributed by atoms with Gasteiger partial charge in [-0.15, -0.1) is 12.4 Å². The second-order valence-electron chi connectivity index (χ2n) is 6.12. The molecule has 0 unspecified atom stereocenters. The van der Waals surface area contributed by atoms with Crippen LogP contribution in [0.5, 0.6) is 0 Å². The average molecular weight is 394 g/mol. The Hall–Kier alpha value is -2.02. The number of nitrogens with zero attached hydrogens (tertiary/aromatic N) is 3. The Balaban J connectivity index is 0.00000243. The molecule has 0 N–H and O–H groups in total. The molecule has 2 aromatic carbocycles. The number of benzene rings is 2. The van der Waals surface area contributed by atoms with E-state index in [0.29, 0.717) is 11.7 Å². The smallest absolute Gasteiger partial charge is 0.233 e. The summed E-state index contributed by atoms with van der Waals surface area (Å²) in [5.74, 6) is -0.334. The molecule has 0 radical (unpaired) electrons. The van der Waals surface area contributed by atoms with Crippen LogP contribution in [0.1, 0.15) is 5.56 Å². The van der Waals surface area contributed by atoms with Crippen molar-refractivity contribution in [3.05, 3.63) is 59.9 Å². The molecule has 0 bridgehead atoms. The first-order valence-electron chi connectivity index (χ1n) is 8.08. The van der Waals surface area contributed by atoms with Crippen LogP contribution in [0.15, 0.2) is 48.5 Å². The lowest BCUT2D eigenvalue weighted by molar-refractivity contribution is -0.118. The Morgan fingerprint density at radius 1 is 1.08 bits per heavy atom. The molecule has 0 spiro atoms. The molecule has 1 amide bonds. The molecule has 7 heteroatoms. The van der Waals surface area contributed by atoms with Crippen molar-refractivity contribution in [3.63, 3.8) is 0 Å². The van der Waals surface area contributed by atoms with E-state index in [1.165, 1.54) is 23.5 Å². The lowest BCUT2D eigenvalue weighted by atomic mass is 10.1. The largest absolute Gasteiger partial charge is 0.308 e. The fourth-order valence-electron chi connectivity index (χ4n) is 2.47. The highest BCUT2D eigenvalue weighted by Crippen LogP contribution is 2.29. The highest BCUT2D eigenvalue weighted by Gasteiger charge is 2.20. The highest BCUT2D eigenvalue weighted by atomic mass is 35.5. The van der Waals surface area contributed by atoms with Crippen LogP contribution in [0.3, 0.4) is 0 Å². The zero-order chi connectivity index (χ0) is 17.8. The van der Waals surface area contributed by atoms with Crippen molar-refractivity contribution in [3.8, 4) is 0 Å². The van der Waals surface area contributed by atoms with Gasteiger partial charge in [-0.2, -0.15) is 0 Å². The number of thiazole rings is 1. The molecule has 4 nitrogen and oxygen atoms in total. The van der Waals surface area contributed by atoms with E-state index in [9.17, 15) is 9.18 Å². The third kappa shape index (κ3) is 5.00. The first-order valence-corrected chi connectivity index (χ1v) is 8.89. The third-order valence-electron chi connectivity index (χ3n) is 3.85. The molecule has 26 heavy (non-hydrogen) atoms. The van der Waals surface area contributed by atoms with Crippen LogP contribution < -0.4 is 4.90 Å². The van der Waals surface area contributed by atoms with E-state index in [-0.39, 0.29) is 30.6 Å². The number of rotatable bonds is 6. The Kier molecular flexibility index (Phi) is 7.08. The van der Waals surface area contributed by atoms with Crippen LogP contribution in [0.2, 0.25) is 0 Å². The van der Waals surface area contributed by atoms with E-state index in [1.54, 1.807) is 17.0 Å². The van der Waals surface area contributed by atoms with E-state index in [4.69, 9.17) is 0 Å². The van der Waals surface area contributed by atoms with E-state index in [2.05, 4.69) is 4.98 Å². The van der Waals surface area contributed by atoms with Gasteiger partial charge in [-0.05, 0) is 43.9 Å². The fourth-order valence-corrected chi connectivity index (χ4v) is 3.48. The van der Waals surface area contributed by atoms with Gasteiger partial charge in [0, 0.05) is 13.1 Å². The lowest BCUT2D eigenvalue weighted by Crippen LogP contribution is -2.37. The molecule has 1 heterocycles. The molecule has 3 aromatic rings. The number of fused-ring (bicyclic) bond motifs is 1. The number of carbonyl (C=O) groups excluding carboxylic acids is 1. The monoisotopic (exact) mass is 393 g/mol. The minimum Gasteiger partial charge on any atom is -0.308 e. The number of hydrogen-bond donors (Lipinski definition) is 0. The minimum atomic E-state index is -0.299. The average Bonchev–Trinajstić information content (AvgIpc) is 3.00. The van der Waals surface area contributed by atoms with Gasteiger partial charge in [0.25, 0.3) is 0 Å². The van der Waals surface area contributed by atoms with Crippen molar-refractivity contribution >= 4 is 45.0 Å². The molecule has 0 aliphatic carbocycles. The van der Waals surface area contributed by atoms with Crippen molar-refractivity contribution < 1.29 is 9.18 Å². The van der Waals surface area contributed by atoms with Crippen LogP contribution in [-0.2, 0) is 11.2 Å². The Labute approximate surface area is 162 Å². The molecule has 1 aromatic heterocycles. The van der Waals surface area contributed by atoms with Gasteiger partial charge < -0.3 is 4.90 Å². The number of aromatic nitrogens is 1. The zero-order valence-electron chi connectivity index (χ0n) is 14.7. The van der Waals surface area contributed by atoms with E-state index >= 15 is 0 Å². The fraction of sp³-hybridized carbons (Fsp3) is 0.263. The third-order valence-corrected chi connectivity index (χ3v) is 4.91. The second kappa shape index (κ2) is 9.07. The van der Waals surface area contributed by atoms with Gasteiger partial charge >= 0.3 is 0 Å². The summed E-state index contributed by atoms with van der Waals surface area (Å²) in [6.45, 7) is 1.30. The summed E-state index contributed by atoms with van der Waals surface area (Å²) in [6, 6.07) is 13.9. The maximum absolute atomic E-state index is 13.1. The summed E-state index contributed by atoms with van der Waals surface area (Å²) in [5.41, 5.74) is 1.69. The van der Waals surface area contributed by atoms with Crippen molar-refractivity contribution in [2.24, 2.45) is 0 Å². The van der Waals surface area contributed by atoms with Crippen molar-refractivity contribution in [2.75, 3.05) is 32.1 Å². The molecule has 0 saturated heterocycles. The second-order valence-corrected chi connectivity index (χ2v) is 7.13. The number of para-hydroxylation sites is 1. The summed E-state index contributed by atoms with van der Waals surface area (Å²) >= 11 is 1.51. The van der Waals surface area contributed by atoms with Crippen molar-refractivity contribution in [2.45, 2.75) is 6.42 Å².